The van der Waals surface area contributed by atoms with E-state index in [1.165, 1.54) is 17.4 Å². The zero-order valence-corrected chi connectivity index (χ0v) is 25.7. The summed E-state index contributed by atoms with van der Waals surface area (Å²) in [5.74, 6) is -0.345. The maximum absolute atomic E-state index is 14.5. The molecule has 1 atom stereocenters. The number of halogens is 2. The molecule has 3 aromatic heterocycles. The Hall–Kier alpha value is -2.92. The molecule has 10 heteroatoms. The topological polar surface area (TPSA) is 81.2 Å². The standard InChI is InChI=1S/C30H30BrFN4O2S2/c1-17(2)26(35(14-6-13-33)29(37)19-10-9-18(3)22(32)15-19)28-34-25-21-7-4-5-8-23(21)40-27(25)30(38)36(28)16-20-11-12-24(31)39-20/h4-5,7-12,15,17,26H,6,13-14,16,33H2,1-3H3. The van der Waals surface area contributed by atoms with Gasteiger partial charge in [-0.15, -0.1) is 22.7 Å². The van der Waals surface area contributed by atoms with Crippen molar-refractivity contribution in [3.8, 4) is 0 Å². The second-order valence-corrected chi connectivity index (χ2v) is 13.7. The third-order valence-corrected chi connectivity index (χ3v) is 9.73. The molecule has 0 saturated heterocycles. The highest BCUT2D eigenvalue weighted by atomic mass is 79.9. The summed E-state index contributed by atoms with van der Waals surface area (Å²) < 4.78 is 18.8. The van der Waals surface area contributed by atoms with Crippen LogP contribution < -0.4 is 11.3 Å². The van der Waals surface area contributed by atoms with Crippen molar-refractivity contribution < 1.29 is 9.18 Å². The van der Waals surface area contributed by atoms with Crippen LogP contribution in [0.5, 0.6) is 0 Å². The number of carbonyl (C=O) groups excluding carboxylic acids is 1. The highest BCUT2D eigenvalue weighted by molar-refractivity contribution is 9.11. The predicted octanol–water partition coefficient (Wildman–Crippen LogP) is 7.12. The van der Waals surface area contributed by atoms with E-state index < -0.39 is 11.9 Å². The van der Waals surface area contributed by atoms with Gasteiger partial charge in [-0.1, -0.05) is 38.1 Å². The average Bonchev–Trinajstić information content (AvgIpc) is 3.52. The van der Waals surface area contributed by atoms with E-state index in [0.717, 1.165) is 18.7 Å². The second kappa shape index (κ2) is 11.9. The molecule has 5 rings (SSSR count). The summed E-state index contributed by atoms with van der Waals surface area (Å²) >= 11 is 6.52. The molecule has 0 radical (unpaired) electrons. The molecule has 0 spiro atoms. The van der Waals surface area contributed by atoms with E-state index in [9.17, 15) is 14.0 Å². The van der Waals surface area contributed by atoms with E-state index in [4.69, 9.17) is 10.7 Å². The fraction of sp³-hybridized carbons (Fsp3) is 0.300. The summed E-state index contributed by atoms with van der Waals surface area (Å²) in [6.07, 6.45) is 0.551. The quantitative estimate of drug-likeness (QED) is 0.186. The molecule has 0 aliphatic heterocycles. The first-order chi connectivity index (χ1) is 19.2. The fourth-order valence-electron chi connectivity index (χ4n) is 4.98. The van der Waals surface area contributed by atoms with Crippen LogP contribution in [0.2, 0.25) is 0 Å². The van der Waals surface area contributed by atoms with Crippen LogP contribution in [0.1, 0.15) is 52.9 Å². The molecule has 1 amide bonds. The van der Waals surface area contributed by atoms with E-state index in [0.29, 0.717) is 47.7 Å². The van der Waals surface area contributed by atoms with Gasteiger partial charge in [0.2, 0.25) is 0 Å². The third kappa shape index (κ3) is 5.50. The molecule has 0 fully saturated rings. The lowest BCUT2D eigenvalue weighted by atomic mass is 9.98. The summed E-state index contributed by atoms with van der Waals surface area (Å²) in [5, 5.41) is 0.912. The van der Waals surface area contributed by atoms with E-state index in [1.54, 1.807) is 39.9 Å². The van der Waals surface area contributed by atoms with Crippen LogP contribution in [0.4, 0.5) is 4.39 Å². The minimum Gasteiger partial charge on any atom is -0.330 e. The largest absolute Gasteiger partial charge is 0.330 e. The van der Waals surface area contributed by atoms with Crippen molar-refractivity contribution in [2.24, 2.45) is 11.7 Å². The van der Waals surface area contributed by atoms with Crippen molar-refractivity contribution in [2.45, 2.75) is 39.8 Å². The number of thiophene rings is 2. The zero-order valence-electron chi connectivity index (χ0n) is 22.5. The number of nitrogens with zero attached hydrogens (tertiary/aromatic N) is 3. The van der Waals surface area contributed by atoms with Crippen molar-refractivity contribution in [3.63, 3.8) is 0 Å². The Balaban J connectivity index is 1.75. The number of carbonyl (C=O) groups is 1. The molecule has 40 heavy (non-hydrogen) atoms. The minimum absolute atomic E-state index is 0.104. The van der Waals surface area contributed by atoms with Crippen molar-refractivity contribution in [1.82, 2.24) is 14.5 Å². The summed E-state index contributed by atoms with van der Waals surface area (Å²) in [5.41, 5.74) is 7.12. The SMILES string of the molecule is Cc1ccc(C(=O)N(CCCN)C(c2nc3c(sc4ccccc43)c(=O)n2Cc2ccc(Br)s2)C(C)C)cc1F. The summed E-state index contributed by atoms with van der Waals surface area (Å²) in [7, 11) is 0. The number of hydrogen-bond acceptors (Lipinski definition) is 6. The lowest BCUT2D eigenvalue weighted by molar-refractivity contribution is 0.0602. The third-order valence-electron chi connectivity index (χ3n) is 6.97. The number of benzene rings is 2. The molecule has 0 saturated carbocycles. The van der Waals surface area contributed by atoms with E-state index in [2.05, 4.69) is 15.9 Å². The first-order valence-electron chi connectivity index (χ1n) is 13.1. The second-order valence-electron chi connectivity index (χ2n) is 10.1. The Morgan fingerprint density at radius 3 is 2.60 bits per heavy atom. The minimum atomic E-state index is -0.553. The van der Waals surface area contributed by atoms with Crippen molar-refractivity contribution in [3.05, 3.63) is 96.4 Å². The maximum Gasteiger partial charge on any atom is 0.271 e. The Morgan fingerprint density at radius 2 is 1.93 bits per heavy atom. The van der Waals surface area contributed by atoms with Gasteiger partial charge >= 0.3 is 0 Å². The monoisotopic (exact) mass is 640 g/mol. The first-order valence-corrected chi connectivity index (χ1v) is 15.6. The van der Waals surface area contributed by atoms with Gasteiger partial charge < -0.3 is 10.6 Å². The molecule has 0 aliphatic rings. The molecule has 3 heterocycles. The van der Waals surface area contributed by atoms with Gasteiger partial charge in [0.1, 0.15) is 16.3 Å². The van der Waals surface area contributed by atoms with Gasteiger partial charge in [0.15, 0.2) is 0 Å². The fourth-order valence-corrected chi connectivity index (χ4v) is 7.54. The van der Waals surface area contributed by atoms with Crippen LogP contribution in [0.3, 0.4) is 0 Å². The normalized spacial score (nSPS) is 12.5. The zero-order chi connectivity index (χ0) is 28.6. The number of aryl methyl sites for hydroxylation is 1. The molecule has 2 N–H and O–H groups in total. The summed E-state index contributed by atoms with van der Waals surface area (Å²) in [6, 6.07) is 15.8. The smallest absolute Gasteiger partial charge is 0.271 e. The molecular formula is C30H30BrFN4O2S2. The van der Waals surface area contributed by atoms with Crippen LogP contribution in [0, 0.1) is 18.7 Å². The van der Waals surface area contributed by atoms with Crippen LogP contribution >= 0.6 is 38.6 Å². The number of aromatic nitrogens is 2. The molecule has 5 aromatic rings. The molecule has 2 aromatic carbocycles. The van der Waals surface area contributed by atoms with Gasteiger partial charge in [0.25, 0.3) is 11.5 Å². The predicted molar refractivity (Wildman–Crippen MR) is 166 cm³/mol. The highest BCUT2D eigenvalue weighted by Crippen LogP contribution is 2.35. The van der Waals surface area contributed by atoms with Crippen molar-refractivity contribution in [1.29, 1.82) is 0 Å². The first kappa shape index (κ1) is 28.6. The van der Waals surface area contributed by atoms with Crippen LogP contribution in [0.25, 0.3) is 20.3 Å². The van der Waals surface area contributed by atoms with E-state index >= 15 is 0 Å². The molecular weight excluding hydrogens is 611 g/mol. The number of amides is 1. The van der Waals surface area contributed by atoms with Gasteiger partial charge in [-0.05, 0) is 77.6 Å². The number of fused-ring (bicyclic) bond motifs is 3. The van der Waals surface area contributed by atoms with Gasteiger partial charge in [-0.2, -0.15) is 0 Å². The number of rotatable bonds is 9. The van der Waals surface area contributed by atoms with Gasteiger partial charge in [0, 0.05) is 27.1 Å². The van der Waals surface area contributed by atoms with Gasteiger partial charge in [-0.25, -0.2) is 9.37 Å². The Bertz CT molecular complexity index is 1760. The Kier molecular flexibility index (Phi) is 8.51. The van der Waals surface area contributed by atoms with Crippen LogP contribution in [0.15, 0.2) is 63.2 Å². The maximum atomic E-state index is 14.5. The molecule has 6 nitrogen and oxygen atoms in total. The highest BCUT2D eigenvalue weighted by Gasteiger charge is 2.33. The van der Waals surface area contributed by atoms with Gasteiger partial charge in [-0.3, -0.25) is 14.2 Å². The number of nitrogens with two attached hydrogens (primary N) is 1. The lowest BCUT2D eigenvalue weighted by Crippen LogP contribution is -2.42. The van der Waals surface area contributed by atoms with Crippen molar-refractivity contribution >= 4 is 64.8 Å². The van der Waals surface area contributed by atoms with Crippen LogP contribution in [-0.4, -0.2) is 33.4 Å². The molecule has 208 valence electrons. The Labute approximate surface area is 248 Å². The lowest BCUT2D eigenvalue weighted by Gasteiger charge is -2.35. The van der Waals surface area contributed by atoms with Crippen molar-refractivity contribution in [2.75, 3.05) is 13.1 Å². The van der Waals surface area contributed by atoms with Crippen LogP contribution in [-0.2, 0) is 6.54 Å². The summed E-state index contributed by atoms with van der Waals surface area (Å²) in [4.78, 5) is 36.0. The number of hydrogen-bond donors (Lipinski definition) is 1. The van der Waals surface area contributed by atoms with Gasteiger partial charge in [0.05, 0.1) is 21.9 Å². The Morgan fingerprint density at radius 1 is 1.15 bits per heavy atom. The van der Waals surface area contributed by atoms with E-state index in [-0.39, 0.29) is 22.9 Å². The molecule has 0 bridgehead atoms. The molecule has 1 unspecified atom stereocenters. The average molecular weight is 642 g/mol. The van der Waals surface area contributed by atoms with E-state index in [1.807, 2.05) is 50.2 Å². The molecule has 0 aliphatic carbocycles. The summed E-state index contributed by atoms with van der Waals surface area (Å²) in [6.45, 7) is 6.74.